The summed E-state index contributed by atoms with van der Waals surface area (Å²) in [4.78, 5) is 0. The van der Waals surface area contributed by atoms with Crippen molar-refractivity contribution in [1.29, 1.82) is 0 Å². The number of hydrogen-bond acceptors (Lipinski definition) is 3. The highest BCUT2D eigenvalue weighted by Crippen LogP contribution is 2.39. The van der Waals surface area contributed by atoms with E-state index in [0.29, 0.717) is 5.92 Å². The van der Waals surface area contributed by atoms with Gasteiger partial charge in [0.15, 0.2) is 0 Å². The standard InChI is InChI=1S/C20H24N2O/c1-14(2)19-18(22-23)13-17(15-9-5-3-6-10-15)21-20(19)16-11-7-4-8-12-16/h3-12,14,17,19-21,23H,13H2,1-2H3/b22-18-/t17-,19+,20+/m0/s1. The fourth-order valence-electron chi connectivity index (χ4n) is 3.66. The molecule has 0 bridgehead atoms. The lowest BCUT2D eigenvalue weighted by atomic mass is 9.75. The molecule has 120 valence electrons. The molecule has 1 saturated heterocycles. The van der Waals surface area contributed by atoms with E-state index in [1.165, 1.54) is 11.1 Å². The van der Waals surface area contributed by atoms with Crippen LogP contribution in [-0.2, 0) is 0 Å². The number of nitrogens with one attached hydrogen (secondary N) is 1. The number of nitrogens with zero attached hydrogens (tertiary/aromatic N) is 1. The van der Waals surface area contributed by atoms with E-state index in [1.807, 2.05) is 12.1 Å². The van der Waals surface area contributed by atoms with E-state index in [9.17, 15) is 5.21 Å². The fraction of sp³-hybridized carbons (Fsp3) is 0.350. The summed E-state index contributed by atoms with van der Waals surface area (Å²) in [7, 11) is 0. The normalized spacial score (nSPS) is 26.6. The molecule has 23 heavy (non-hydrogen) atoms. The highest BCUT2D eigenvalue weighted by Gasteiger charge is 2.38. The van der Waals surface area contributed by atoms with Crippen LogP contribution in [0, 0.1) is 11.8 Å². The minimum absolute atomic E-state index is 0.154. The Morgan fingerprint density at radius 2 is 1.52 bits per heavy atom. The summed E-state index contributed by atoms with van der Waals surface area (Å²) in [5.74, 6) is 0.595. The van der Waals surface area contributed by atoms with E-state index in [1.54, 1.807) is 0 Å². The molecule has 0 aliphatic carbocycles. The zero-order chi connectivity index (χ0) is 16.2. The molecule has 3 heteroatoms. The Morgan fingerprint density at radius 3 is 2.04 bits per heavy atom. The molecule has 0 amide bonds. The summed E-state index contributed by atoms with van der Waals surface area (Å²) < 4.78 is 0. The number of rotatable bonds is 3. The van der Waals surface area contributed by atoms with Crippen LogP contribution in [0.1, 0.15) is 43.5 Å². The van der Waals surface area contributed by atoms with Crippen LogP contribution in [0.15, 0.2) is 65.8 Å². The van der Waals surface area contributed by atoms with E-state index >= 15 is 0 Å². The Balaban J connectivity index is 1.98. The van der Waals surface area contributed by atoms with Gasteiger partial charge in [-0.15, -0.1) is 0 Å². The lowest BCUT2D eigenvalue weighted by molar-refractivity contribution is 0.263. The number of piperidine rings is 1. The Morgan fingerprint density at radius 1 is 0.957 bits per heavy atom. The second-order valence-electron chi connectivity index (χ2n) is 6.58. The summed E-state index contributed by atoms with van der Waals surface area (Å²) in [6.07, 6.45) is 0.743. The third kappa shape index (κ3) is 3.30. The predicted octanol–water partition coefficient (Wildman–Crippen LogP) is 4.56. The van der Waals surface area contributed by atoms with Gasteiger partial charge in [0.05, 0.1) is 5.71 Å². The van der Waals surface area contributed by atoms with Crippen molar-refractivity contribution >= 4 is 5.71 Å². The van der Waals surface area contributed by atoms with Gasteiger partial charge in [-0.05, 0) is 17.0 Å². The number of hydrogen-bond donors (Lipinski definition) is 2. The molecular formula is C20H24N2O. The molecule has 1 fully saturated rings. The molecular weight excluding hydrogens is 284 g/mol. The average molecular weight is 308 g/mol. The summed E-state index contributed by atoms with van der Waals surface area (Å²) >= 11 is 0. The van der Waals surface area contributed by atoms with Crippen molar-refractivity contribution < 1.29 is 5.21 Å². The molecule has 1 heterocycles. The second-order valence-corrected chi connectivity index (χ2v) is 6.58. The van der Waals surface area contributed by atoms with Crippen molar-refractivity contribution in [3.8, 4) is 0 Å². The first kappa shape index (κ1) is 15.8. The summed E-state index contributed by atoms with van der Waals surface area (Å²) in [6.45, 7) is 4.38. The molecule has 2 aromatic carbocycles. The van der Waals surface area contributed by atoms with Crippen LogP contribution in [0.5, 0.6) is 0 Å². The lowest BCUT2D eigenvalue weighted by Crippen LogP contribution is -2.44. The van der Waals surface area contributed by atoms with Crippen LogP contribution >= 0.6 is 0 Å². The van der Waals surface area contributed by atoms with Crippen LogP contribution < -0.4 is 5.32 Å². The minimum atomic E-state index is 0.154. The van der Waals surface area contributed by atoms with E-state index < -0.39 is 0 Å². The molecule has 0 aromatic heterocycles. The third-order valence-electron chi connectivity index (χ3n) is 4.75. The van der Waals surface area contributed by atoms with Crippen molar-refractivity contribution in [3.05, 3.63) is 71.8 Å². The zero-order valence-electron chi connectivity index (χ0n) is 13.7. The maximum Gasteiger partial charge on any atom is 0.0642 e. The average Bonchev–Trinajstić information content (AvgIpc) is 2.62. The van der Waals surface area contributed by atoms with Crippen molar-refractivity contribution in [2.75, 3.05) is 0 Å². The van der Waals surface area contributed by atoms with Gasteiger partial charge < -0.3 is 10.5 Å². The van der Waals surface area contributed by atoms with E-state index in [0.717, 1.165) is 12.1 Å². The highest BCUT2D eigenvalue weighted by atomic mass is 16.4. The molecule has 0 radical (unpaired) electrons. The maximum atomic E-state index is 9.60. The number of oxime groups is 1. The Hall–Kier alpha value is -2.13. The van der Waals surface area contributed by atoms with Gasteiger partial charge in [0.25, 0.3) is 0 Å². The summed E-state index contributed by atoms with van der Waals surface area (Å²) in [5.41, 5.74) is 3.37. The van der Waals surface area contributed by atoms with Crippen molar-refractivity contribution in [2.45, 2.75) is 32.4 Å². The molecule has 0 unspecified atom stereocenters. The van der Waals surface area contributed by atoms with Crippen LogP contribution in [-0.4, -0.2) is 10.9 Å². The van der Waals surface area contributed by atoms with E-state index in [4.69, 9.17) is 0 Å². The van der Waals surface area contributed by atoms with Gasteiger partial charge in [0.1, 0.15) is 0 Å². The minimum Gasteiger partial charge on any atom is -0.411 e. The van der Waals surface area contributed by atoms with Crippen molar-refractivity contribution in [2.24, 2.45) is 17.0 Å². The number of benzene rings is 2. The lowest BCUT2D eigenvalue weighted by Gasteiger charge is -2.40. The molecule has 1 aliphatic rings. The van der Waals surface area contributed by atoms with Gasteiger partial charge in [-0.3, -0.25) is 0 Å². The second kappa shape index (κ2) is 6.97. The first-order valence-corrected chi connectivity index (χ1v) is 8.27. The van der Waals surface area contributed by atoms with Crippen molar-refractivity contribution in [1.82, 2.24) is 5.32 Å². The van der Waals surface area contributed by atoms with Crippen LogP contribution in [0.3, 0.4) is 0 Å². The van der Waals surface area contributed by atoms with Crippen molar-refractivity contribution in [3.63, 3.8) is 0 Å². The smallest absolute Gasteiger partial charge is 0.0642 e. The predicted molar refractivity (Wildman–Crippen MR) is 93.7 cm³/mol. The Kier molecular flexibility index (Phi) is 4.77. The first-order valence-electron chi connectivity index (χ1n) is 8.27. The molecule has 2 aromatic rings. The molecule has 3 atom stereocenters. The Labute approximate surface area is 138 Å². The maximum absolute atomic E-state index is 9.60. The summed E-state index contributed by atoms with van der Waals surface area (Å²) in [6, 6.07) is 21.2. The van der Waals surface area contributed by atoms with Gasteiger partial charge in [0, 0.05) is 24.4 Å². The van der Waals surface area contributed by atoms with Gasteiger partial charge in [-0.1, -0.05) is 79.7 Å². The summed E-state index contributed by atoms with van der Waals surface area (Å²) in [5, 5.41) is 17.1. The molecule has 3 nitrogen and oxygen atoms in total. The van der Waals surface area contributed by atoms with Gasteiger partial charge >= 0.3 is 0 Å². The SMILES string of the molecule is CC(C)[C@@H]1/C(=N\O)C[C@@H](c2ccccc2)N[C@@H]1c1ccccc1. The quantitative estimate of drug-likeness (QED) is 0.644. The van der Waals surface area contributed by atoms with Crippen LogP contribution in [0.4, 0.5) is 0 Å². The van der Waals surface area contributed by atoms with E-state index in [2.05, 4.69) is 72.9 Å². The van der Waals surface area contributed by atoms with E-state index in [-0.39, 0.29) is 18.0 Å². The molecule has 0 spiro atoms. The highest BCUT2D eigenvalue weighted by molar-refractivity contribution is 5.89. The monoisotopic (exact) mass is 308 g/mol. The fourth-order valence-corrected chi connectivity index (χ4v) is 3.66. The van der Waals surface area contributed by atoms with Gasteiger partial charge in [0.2, 0.25) is 0 Å². The first-order chi connectivity index (χ1) is 11.2. The van der Waals surface area contributed by atoms with Crippen LogP contribution in [0.25, 0.3) is 0 Å². The molecule has 0 saturated carbocycles. The largest absolute Gasteiger partial charge is 0.411 e. The molecule has 3 rings (SSSR count). The molecule has 1 aliphatic heterocycles. The van der Waals surface area contributed by atoms with Gasteiger partial charge in [-0.25, -0.2) is 0 Å². The zero-order valence-corrected chi connectivity index (χ0v) is 13.7. The Bertz CT molecular complexity index is 652. The third-order valence-corrected chi connectivity index (χ3v) is 4.75. The van der Waals surface area contributed by atoms with Gasteiger partial charge in [-0.2, -0.15) is 0 Å². The topological polar surface area (TPSA) is 44.6 Å². The van der Waals surface area contributed by atoms with Crippen LogP contribution in [0.2, 0.25) is 0 Å². The molecule has 2 N–H and O–H groups in total.